The molecule has 0 saturated heterocycles. The smallest absolute Gasteiger partial charge is 0.341 e. The number of carbonyl (C=O) groups excluding carboxylic acids is 1. The average molecular weight is 338 g/mol. The summed E-state index contributed by atoms with van der Waals surface area (Å²) in [6.45, 7) is -0.529. The molecule has 0 aliphatic carbocycles. The SMILES string of the molecule is O=C(O)COc1ccc(C(=O)/C=C/c2cc3ccccc3o2)c(O)c1. The van der Waals surface area contributed by atoms with Gasteiger partial charge in [0.05, 0.1) is 5.56 Å². The normalized spacial score (nSPS) is 11.0. The molecule has 0 unspecified atom stereocenters. The predicted molar refractivity (Wildman–Crippen MR) is 90.8 cm³/mol. The number of fused-ring (bicyclic) bond motifs is 1. The van der Waals surface area contributed by atoms with E-state index in [0.717, 1.165) is 11.0 Å². The minimum absolute atomic E-state index is 0.0787. The Balaban J connectivity index is 1.75. The van der Waals surface area contributed by atoms with Crippen molar-refractivity contribution in [3.05, 3.63) is 65.9 Å². The van der Waals surface area contributed by atoms with Crippen LogP contribution < -0.4 is 4.74 Å². The lowest BCUT2D eigenvalue weighted by Gasteiger charge is -2.05. The number of rotatable bonds is 6. The lowest BCUT2D eigenvalue weighted by Crippen LogP contribution is -2.09. The molecule has 126 valence electrons. The zero-order valence-corrected chi connectivity index (χ0v) is 13.0. The van der Waals surface area contributed by atoms with E-state index >= 15 is 0 Å². The zero-order valence-electron chi connectivity index (χ0n) is 13.0. The van der Waals surface area contributed by atoms with E-state index in [-0.39, 0.29) is 17.1 Å². The van der Waals surface area contributed by atoms with Crippen LogP contribution in [0.2, 0.25) is 0 Å². The van der Waals surface area contributed by atoms with Crippen molar-refractivity contribution in [1.82, 2.24) is 0 Å². The van der Waals surface area contributed by atoms with E-state index < -0.39 is 18.4 Å². The van der Waals surface area contributed by atoms with E-state index in [9.17, 15) is 14.7 Å². The van der Waals surface area contributed by atoms with Gasteiger partial charge >= 0.3 is 5.97 Å². The van der Waals surface area contributed by atoms with Crippen molar-refractivity contribution < 1.29 is 29.0 Å². The van der Waals surface area contributed by atoms with Crippen LogP contribution in [0.1, 0.15) is 16.1 Å². The molecule has 25 heavy (non-hydrogen) atoms. The molecule has 0 fully saturated rings. The summed E-state index contributed by atoms with van der Waals surface area (Å²) in [4.78, 5) is 22.7. The molecule has 0 radical (unpaired) electrons. The number of aliphatic carboxylic acids is 1. The second-order valence-electron chi connectivity index (χ2n) is 5.25. The highest BCUT2D eigenvalue weighted by molar-refractivity contribution is 6.08. The van der Waals surface area contributed by atoms with Gasteiger partial charge in [0.2, 0.25) is 0 Å². The van der Waals surface area contributed by atoms with Crippen molar-refractivity contribution >= 4 is 28.8 Å². The molecule has 0 saturated carbocycles. The highest BCUT2D eigenvalue weighted by Crippen LogP contribution is 2.25. The average Bonchev–Trinajstić information content (AvgIpc) is 3.01. The number of ketones is 1. The first-order valence-electron chi connectivity index (χ1n) is 7.41. The van der Waals surface area contributed by atoms with Crippen LogP contribution in [0, 0.1) is 0 Å². The fraction of sp³-hybridized carbons (Fsp3) is 0.0526. The van der Waals surface area contributed by atoms with Crippen LogP contribution in [0.25, 0.3) is 17.0 Å². The standard InChI is InChI=1S/C19H14O6/c20-16(8-6-14-9-12-3-1-2-4-18(12)25-14)15-7-5-13(10-17(15)21)24-11-19(22)23/h1-10,21H,11H2,(H,22,23)/b8-6+. The Morgan fingerprint density at radius 3 is 2.64 bits per heavy atom. The minimum Gasteiger partial charge on any atom is -0.507 e. The first kappa shape index (κ1) is 16.3. The van der Waals surface area contributed by atoms with Crippen molar-refractivity contribution in [3.8, 4) is 11.5 Å². The van der Waals surface area contributed by atoms with Crippen molar-refractivity contribution in [3.63, 3.8) is 0 Å². The Bertz CT molecular complexity index is 934. The van der Waals surface area contributed by atoms with Gasteiger partial charge in [-0.1, -0.05) is 18.2 Å². The van der Waals surface area contributed by atoms with Gasteiger partial charge in [-0.15, -0.1) is 0 Å². The summed E-state index contributed by atoms with van der Waals surface area (Å²) in [5, 5.41) is 19.4. The Hall–Kier alpha value is -3.54. The number of hydrogen-bond donors (Lipinski definition) is 2. The molecule has 0 aliphatic rings. The predicted octanol–water partition coefficient (Wildman–Crippen LogP) is 3.50. The summed E-state index contributed by atoms with van der Waals surface area (Å²) < 4.78 is 10.5. The Kier molecular flexibility index (Phi) is 4.52. The van der Waals surface area contributed by atoms with E-state index in [0.29, 0.717) is 5.76 Å². The molecule has 0 aliphatic heterocycles. The highest BCUT2D eigenvalue weighted by Gasteiger charge is 2.11. The number of ether oxygens (including phenoxy) is 1. The van der Waals surface area contributed by atoms with Crippen LogP contribution in [0.3, 0.4) is 0 Å². The number of aromatic hydroxyl groups is 1. The number of carboxylic acids is 1. The summed E-state index contributed by atoms with van der Waals surface area (Å²) >= 11 is 0. The Morgan fingerprint density at radius 2 is 1.92 bits per heavy atom. The molecule has 1 aromatic heterocycles. The minimum atomic E-state index is -1.13. The van der Waals surface area contributed by atoms with Gasteiger partial charge in [-0.2, -0.15) is 0 Å². The van der Waals surface area contributed by atoms with E-state index in [2.05, 4.69) is 0 Å². The van der Waals surface area contributed by atoms with Crippen LogP contribution in [0.15, 0.2) is 59.0 Å². The number of carbonyl (C=O) groups is 2. The van der Waals surface area contributed by atoms with Gasteiger partial charge in [0.1, 0.15) is 22.8 Å². The lowest BCUT2D eigenvalue weighted by atomic mass is 10.1. The Morgan fingerprint density at radius 1 is 1.12 bits per heavy atom. The summed E-state index contributed by atoms with van der Waals surface area (Å²) in [6, 6.07) is 13.3. The Labute approximate surface area is 142 Å². The molecular weight excluding hydrogens is 324 g/mol. The largest absolute Gasteiger partial charge is 0.507 e. The molecule has 3 rings (SSSR count). The molecule has 6 heteroatoms. The van der Waals surface area contributed by atoms with Crippen LogP contribution in [0.5, 0.6) is 11.5 Å². The first-order chi connectivity index (χ1) is 12.0. The molecule has 3 aromatic rings. The van der Waals surface area contributed by atoms with Crippen LogP contribution in [-0.2, 0) is 4.79 Å². The molecule has 2 N–H and O–H groups in total. The third-order valence-electron chi connectivity index (χ3n) is 3.44. The monoisotopic (exact) mass is 338 g/mol. The van der Waals surface area contributed by atoms with Crippen LogP contribution in [0.4, 0.5) is 0 Å². The zero-order chi connectivity index (χ0) is 17.8. The fourth-order valence-electron chi connectivity index (χ4n) is 2.29. The van der Waals surface area contributed by atoms with Gasteiger partial charge in [-0.05, 0) is 36.4 Å². The third-order valence-corrected chi connectivity index (χ3v) is 3.44. The van der Waals surface area contributed by atoms with Crippen molar-refractivity contribution in [2.75, 3.05) is 6.61 Å². The molecule has 6 nitrogen and oxygen atoms in total. The third kappa shape index (κ3) is 3.87. The number of phenolic OH excluding ortho intramolecular Hbond substituents is 1. The van der Waals surface area contributed by atoms with Crippen molar-refractivity contribution in [2.45, 2.75) is 0 Å². The molecule has 0 bridgehead atoms. The number of para-hydroxylation sites is 1. The van der Waals surface area contributed by atoms with E-state index in [1.54, 1.807) is 0 Å². The second-order valence-corrected chi connectivity index (χ2v) is 5.25. The summed E-state index contributed by atoms with van der Waals surface area (Å²) in [6.07, 6.45) is 2.82. The fourth-order valence-corrected chi connectivity index (χ4v) is 2.29. The maximum atomic E-state index is 12.2. The molecule has 0 spiro atoms. The van der Waals surface area contributed by atoms with Crippen LogP contribution in [-0.4, -0.2) is 28.6 Å². The molecule has 2 aromatic carbocycles. The molecule has 1 heterocycles. The van der Waals surface area contributed by atoms with E-state index in [1.165, 1.54) is 30.4 Å². The van der Waals surface area contributed by atoms with E-state index in [4.69, 9.17) is 14.3 Å². The number of allylic oxidation sites excluding steroid dienone is 1. The lowest BCUT2D eigenvalue weighted by molar-refractivity contribution is -0.139. The number of carboxylic acid groups (broad SMARTS) is 1. The maximum Gasteiger partial charge on any atom is 0.341 e. The topological polar surface area (TPSA) is 97.0 Å². The highest BCUT2D eigenvalue weighted by atomic mass is 16.5. The van der Waals surface area contributed by atoms with Crippen LogP contribution >= 0.6 is 0 Å². The molecule has 0 atom stereocenters. The number of furan rings is 1. The van der Waals surface area contributed by atoms with Crippen molar-refractivity contribution in [1.29, 1.82) is 0 Å². The van der Waals surface area contributed by atoms with Gasteiger partial charge in [0, 0.05) is 11.5 Å². The van der Waals surface area contributed by atoms with Gasteiger partial charge in [-0.3, -0.25) is 4.79 Å². The molecule has 0 amide bonds. The number of phenols is 1. The summed E-state index contributed by atoms with van der Waals surface area (Å²) in [5.41, 5.74) is 0.799. The number of hydrogen-bond acceptors (Lipinski definition) is 5. The van der Waals surface area contributed by atoms with E-state index in [1.807, 2.05) is 30.3 Å². The quantitative estimate of drug-likeness (QED) is 0.527. The van der Waals surface area contributed by atoms with Gasteiger partial charge in [0.15, 0.2) is 12.4 Å². The second kappa shape index (κ2) is 6.92. The maximum absolute atomic E-state index is 12.2. The number of benzene rings is 2. The van der Waals surface area contributed by atoms with Gasteiger partial charge in [-0.25, -0.2) is 4.79 Å². The summed E-state index contributed by atoms with van der Waals surface area (Å²) in [7, 11) is 0. The van der Waals surface area contributed by atoms with Crippen molar-refractivity contribution in [2.24, 2.45) is 0 Å². The summed E-state index contributed by atoms with van der Waals surface area (Å²) in [5.74, 6) is -1.15. The van der Waals surface area contributed by atoms with Gasteiger partial charge < -0.3 is 19.4 Å². The first-order valence-corrected chi connectivity index (χ1v) is 7.41. The molecular formula is C19H14O6. The van der Waals surface area contributed by atoms with Gasteiger partial charge in [0.25, 0.3) is 0 Å².